The van der Waals surface area contributed by atoms with Gasteiger partial charge in [0.1, 0.15) is 5.69 Å². The second-order valence-corrected chi connectivity index (χ2v) is 6.18. The van der Waals surface area contributed by atoms with Crippen molar-refractivity contribution in [1.82, 2.24) is 10.1 Å². The lowest BCUT2D eigenvalue weighted by molar-refractivity contribution is 0.459. The zero-order valence-electron chi connectivity index (χ0n) is 14.3. The van der Waals surface area contributed by atoms with Crippen molar-refractivity contribution in [3.05, 3.63) is 90.3 Å². The number of benzene rings is 2. The average Bonchev–Trinajstić information content (AvgIpc) is 3.12. The minimum atomic E-state index is -0.200. The van der Waals surface area contributed by atoms with Crippen LogP contribution in [0.3, 0.4) is 0 Å². The van der Waals surface area contributed by atoms with Gasteiger partial charge in [-0.1, -0.05) is 54.2 Å². The van der Waals surface area contributed by atoms with E-state index < -0.39 is 0 Å². The number of pyridine rings is 1. The predicted molar refractivity (Wildman–Crippen MR) is 104 cm³/mol. The van der Waals surface area contributed by atoms with Gasteiger partial charge in [-0.05, 0) is 35.9 Å². The molecular formula is C22H19N3O. The molecule has 2 N–H and O–H groups in total. The van der Waals surface area contributed by atoms with Crippen LogP contribution in [0.4, 0.5) is 0 Å². The van der Waals surface area contributed by atoms with Gasteiger partial charge < -0.3 is 10.3 Å². The van der Waals surface area contributed by atoms with Gasteiger partial charge in [0.25, 0.3) is 0 Å². The Morgan fingerprint density at radius 2 is 1.81 bits per heavy atom. The molecule has 2 aromatic heterocycles. The molecule has 0 unspecified atom stereocenters. The van der Waals surface area contributed by atoms with Gasteiger partial charge in [0.15, 0.2) is 5.58 Å². The molecule has 0 bridgehead atoms. The highest BCUT2D eigenvalue weighted by molar-refractivity contribution is 5.92. The summed E-state index contributed by atoms with van der Waals surface area (Å²) >= 11 is 0. The largest absolute Gasteiger partial charge is 0.356 e. The number of nitrogens with two attached hydrogens (primary N) is 1. The molecule has 0 aliphatic rings. The lowest BCUT2D eigenvalue weighted by Crippen LogP contribution is -2.15. The van der Waals surface area contributed by atoms with Crippen LogP contribution < -0.4 is 5.73 Å². The SMILES string of the molecule is C=Cc1cccc(C[C@H](N)c2ccccc2-c2noc3ccccc23)n1. The Balaban J connectivity index is 1.72. The second kappa shape index (κ2) is 6.94. The van der Waals surface area contributed by atoms with Crippen LogP contribution in [0.1, 0.15) is 23.0 Å². The van der Waals surface area contributed by atoms with Crippen molar-refractivity contribution in [3.8, 4) is 11.3 Å². The molecule has 0 aliphatic carbocycles. The molecular weight excluding hydrogens is 322 g/mol. The van der Waals surface area contributed by atoms with Crippen LogP contribution in [0, 0.1) is 0 Å². The number of para-hydroxylation sites is 1. The molecule has 1 atom stereocenters. The van der Waals surface area contributed by atoms with E-state index in [-0.39, 0.29) is 6.04 Å². The van der Waals surface area contributed by atoms with Crippen molar-refractivity contribution in [3.63, 3.8) is 0 Å². The first-order valence-corrected chi connectivity index (χ1v) is 8.54. The van der Waals surface area contributed by atoms with Crippen molar-refractivity contribution >= 4 is 17.0 Å². The first kappa shape index (κ1) is 16.2. The monoisotopic (exact) mass is 341 g/mol. The summed E-state index contributed by atoms with van der Waals surface area (Å²) in [5.74, 6) is 0. The first-order valence-electron chi connectivity index (χ1n) is 8.54. The zero-order valence-corrected chi connectivity index (χ0v) is 14.3. The molecule has 4 aromatic rings. The third-order valence-electron chi connectivity index (χ3n) is 4.46. The van der Waals surface area contributed by atoms with Crippen LogP contribution in [0.25, 0.3) is 28.3 Å². The number of aromatic nitrogens is 2. The van der Waals surface area contributed by atoms with Crippen LogP contribution in [0.2, 0.25) is 0 Å². The highest BCUT2D eigenvalue weighted by Crippen LogP contribution is 2.33. The molecule has 4 nitrogen and oxygen atoms in total. The Bertz CT molecular complexity index is 1070. The van der Waals surface area contributed by atoms with Crippen LogP contribution >= 0.6 is 0 Å². The van der Waals surface area contributed by atoms with Crippen molar-refractivity contribution in [2.24, 2.45) is 5.73 Å². The smallest absolute Gasteiger partial charge is 0.167 e. The van der Waals surface area contributed by atoms with Gasteiger partial charge >= 0.3 is 0 Å². The normalized spacial score (nSPS) is 12.2. The fourth-order valence-corrected chi connectivity index (χ4v) is 3.18. The Labute approximate surface area is 152 Å². The minimum absolute atomic E-state index is 0.200. The topological polar surface area (TPSA) is 64.9 Å². The standard InChI is InChI=1S/C22H19N3O/c1-2-15-8-7-9-16(24-15)14-20(23)17-10-3-4-11-18(17)22-19-12-5-6-13-21(19)26-25-22/h2-13,20H,1,14,23H2/t20-/m0/s1. The third-order valence-corrected chi connectivity index (χ3v) is 4.46. The lowest BCUT2D eigenvalue weighted by atomic mass is 9.94. The van der Waals surface area contributed by atoms with E-state index in [4.69, 9.17) is 10.3 Å². The van der Waals surface area contributed by atoms with Crippen LogP contribution in [-0.2, 0) is 6.42 Å². The lowest BCUT2D eigenvalue weighted by Gasteiger charge is -2.15. The quantitative estimate of drug-likeness (QED) is 0.567. The summed E-state index contributed by atoms with van der Waals surface area (Å²) in [6.07, 6.45) is 2.37. The minimum Gasteiger partial charge on any atom is -0.356 e. The molecule has 0 amide bonds. The first-order chi connectivity index (χ1) is 12.8. The third kappa shape index (κ3) is 3.03. The molecule has 0 radical (unpaired) electrons. The molecule has 4 rings (SSSR count). The van der Waals surface area contributed by atoms with Crippen molar-refractivity contribution in [1.29, 1.82) is 0 Å². The number of rotatable bonds is 5. The van der Waals surface area contributed by atoms with E-state index in [2.05, 4.69) is 16.7 Å². The summed E-state index contributed by atoms with van der Waals surface area (Å²) < 4.78 is 5.47. The van der Waals surface area contributed by atoms with E-state index >= 15 is 0 Å². The molecule has 4 heteroatoms. The van der Waals surface area contributed by atoms with Crippen LogP contribution in [0.15, 0.2) is 77.8 Å². The maximum Gasteiger partial charge on any atom is 0.167 e. The Morgan fingerprint density at radius 1 is 1.00 bits per heavy atom. The number of hydrogen-bond acceptors (Lipinski definition) is 4. The molecule has 0 fully saturated rings. The number of nitrogens with zero attached hydrogens (tertiary/aromatic N) is 2. The maximum atomic E-state index is 6.55. The van der Waals surface area contributed by atoms with Gasteiger partial charge in [0.05, 0.1) is 5.69 Å². The molecule has 26 heavy (non-hydrogen) atoms. The van der Waals surface area contributed by atoms with Crippen molar-refractivity contribution < 1.29 is 4.52 Å². The van der Waals surface area contributed by atoms with Gasteiger partial charge in [-0.25, -0.2) is 0 Å². The Hall–Kier alpha value is -3.24. The molecule has 2 aromatic carbocycles. The number of fused-ring (bicyclic) bond motifs is 1. The summed E-state index contributed by atoms with van der Waals surface area (Å²) in [5.41, 5.74) is 11.9. The van der Waals surface area contributed by atoms with E-state index in [0.717, 1.165) is 39.2 Å². The van der Waals surface area contributed by atoms with Gasteiger partial charge in [-0.2, -0.15) is 0 Å². The second-order valence-electron chi connectivity index (χ2n) is 6.18. The van der Waals surface area contributed by atoms with Gasteiger partial charge in [0, 0.05) is 29.1 Å². The van der Waals surface area contributed by atoms with E-state index in [0.29, 0.717) is 6.42 Å². The Morgan fingerprint density at radius 3 is 2.69 bits per heavy atom. The summed E-state index contributed by atoms with van der Waals surface area (Å²) in [4.78, 5) is 4.57. The molecule has 0 spiro atoms. The summed E-state index contributed by atoms with van der Waals surface area (Å²) in [5, 5.41) is 5.27. The predicted octanol–water partition coefficient (Wildman–Crippen LogP) is 4.78. The summed E-state index contributed by atoms with van der Waals surface area (Å²) in [7, 11) is 0. The van der Waals surface area contributed by atoms with Gasteiger partial charge in [0.2, 0.25) is 0 Å². The molecule has 2 heterocycles. The number of hydrogen-bond donors (Lipinski definition) is 1. The van der Waals surface area contributed by atoms with Crippen LogP contribution in [0.5, 0.6) is 0 Å². The molecule has 0 saturated carbocycles. The highest BCUT2D eigenvalue weighted by atomic mass is 16.5. The van der Waals surface area contributed by atoms with Crippen molar-refractivity contribution in [2.45, 2.75) is 12.5 Å². The molecule has 0 aliphatic heterocycles. The molecule has 128 valence electrons. The fraction of sp³-hybridized carbons (Fsp3) is 0.0909. The maximum absolute atomic E-state index is 6.55. The van der Waals surface area contributed by atoms with Gasteiger partial charge in [-0.15, -0.1) is 0 Å². The van der Waals surface area contributed by atoms with Crippen molar-refractivity contribution in [2.75, 3.05) is 0 Å². The average molecular weight is 341 g/mol. The highest BCUT2D eigenvalue weighted by Gasteiger charge is 2.18. The summed E-state index contributed by atoms with van der Waals surface area (Å²) in [6, 6.07) is 21.6. The molecule has 0 saturated heterocycles. The fourth-order valence-electron chi connectivity index (χ4n) is 3.18. The van der Waals surface area contributed by atoms with Gasteiger partial charge in [-0.3, -0.25) is 4.98 Å². The van der Waals surface area contributed by atoms with Crippen LogP contribution in [-0.4, -0.2) is 10.1 Å². The van der Waals surface area contributed by atoms with E-state index in [1.165, 1.54) is 0 Å². The van der Waals surface area contributed by atoms with E-state index in [1.54, 1.807) is 6.08 Å². The summed E-state index contributed by atoms with van der Waals surface area (Å²) in [6.45, 7) is 3.77. The zero-order chi connectivity index (χ0) is 17.9. The van der Waals surface area contributed by atoms with E-state index in [1.807, 2.05) is 66.7 Å². The van der Waals surface area contributed by atoms with E-state index in [9.17, 15) is 0 Å². The Kier molecular flexibility index (Phi) is 4.33.